The Balaban J connectivity index is 1.82. The molecule has 1 aliphatic carbocycles. The Labute approximate surface area is 129 Å². The van der Waals surface area contributed by atoms with Gasteiger partial charge in [-0.25, -0.2) is 8.42 Å². The maximum atomic E-state index is 12.4. The normalized spacial score (nSPS) is 14.4. The van der Waals surface area contributed by atoms with Crippen LogP contribution in [0.4, 0.5) is 0 Å². The van der Waals surface area contributed by atoms with Crippen molar-refractivity contribution in [1.29, 1.82) is 0 Å². The van der Waals surface area contributed by atoms with Crippen molar-refractivity contribution in [3.05, 3.63) is 51.3 Å². The van der Waals surface area contributed by atoms with Crippen LogP contribution >= 0.6 is 11.6 Å². The first kappa shape index (κ1) is 14.6. The molecule has 112 valence electrons. The Hall–Kier alpha value is -1.33. The summed E-state index contributed by atoms with van der Waals surface area (Å²) in [6, 6.07) is 5.37. The molecule has 0 saturated carbocycles. The zero-order chi connectivity index (χ0) is 15.0. The van der Waals surface area contributed by atoms with Crippen LogP contribution in [-0.2, 0) is 34.2 Å². The molecule has 0 amide bonds. The van der Waals surface area contributed by atoms with E-state index < -0.39 is 9.84 Å². The average molecular weight is 325 g/mol. The number of hydrogen-bond acceptors (Lipinski definition) is 3. The van der Waals surface area contributed by atoms with Gasteiger partial charge in [0, 0.05) is 10.7 Å². The molecular weight excluding hydrogens is 308 g/mol. The van der Waals surface area contributed by atoms with Crippen LogP contribution in [0.5, 0.6) is 0 Å². The third-order valence-corrected chi connectivity index (χ3v) is 5.88. The van der Waals surface area contributed by atoms with E-state index in [1.165, 1.54) is 0 Å². The topological polar surface area (TPSA) is 62.8 Å². The van der Waals surface area contributed by atoms with Gasteiger partial charge >= 0.3 is 0 Å². The van der Waals surface area contributed by atoms with Crippen molar-refractivity contribution >= 4 is 21.4 Å². The van der Waals surface area contributed by atoms with E-state index in [2.05, 4.69) is 10.2 Å². The second kappa shape index (κ2) is 5.46. The van der Waals surface area contributed by atoms with Gasteiger partial charge in [0.1, 0.15) is 0 Å². The molecule has 0 fully saturated rings. The first-order valence-electron chi connectivity index (χ1n) is 6.96. The van der Waals surface area contributed by atoms with Crippen molar-refractivity contribution in [2.45, 2.75) is 37.7 Å². The van der Waals surface area contributed by atoms with Crippen LogP contribution in [0.15, 0.2) is 18.2 Å². The molecule has 2 aromatic rings. The second-order valence-electron chi connectivity index (χ2n) is 5.54. The van der Waals surface area contributed by atoms with E-state index in [1.54, 1.807) is 12.1 Å². The van der Waals surface area contributed by atoms with Crippen LogP contribution < -0.4 is 0 Å². The first-order valence-corrected chi connectivity index (χ1v) is 9.15. The molecule has 1 heterocycles. The summed E-state index contributed by atoms with van der Waals surface area (Å²) in [5.41, 5.74) is 4.47. The number of nitrogens with one attached hydrogen (secondary N) is 1. The fraction of sp³-hybridized carbons (Fsp3) is 0.400. The van der Waals surface area contributed by atoms with E-state index in [0.29, 0.717) is 10.7 Å². The molecule has 0 spiro atoms. The number of sulfone groups is 1. The van der Waals surface area contributed by atoms with Crippen molar-refractivity contribution in [2.75, 3.05) is 0 Å². The van der Waals surface area contributed by atoms with E-state index in [0.717, 1.165) is 41.6 Å². The van der Waals surface area contributed by atoms with Gasteiger partial charge in [-0.1, -0.05) is 23.7 Å². The van der Waals surface area contributed by atoms with Crippen LogP contribution in [-0.4, -0.2) is 18.6 Å². The Bertz CT molecular complexity index is 781. The van der Waals surface area contributed by atoms with Crippen molar-refractivity contribution < 1.29 is 8.42 Å². The van der Waals surface area contributed by atoms with Gasteiger partial charge in [0.15, 0.2) is 9.84 Å². The van der Waals surface area contributed by atoms with Gasteiger partial charge in [0.2, 0.25) is 0 Å². The third-order valence-electron chi connectivity index (χ3n) is 4.00. The standard InChI is InChI=1S/C15H17ClN2O2S/c1-10-11(4-2-6-13(10)16)8-21(19,20)9-15-12-5-3-7-14(12)17-18-15/h2,4,6H,3,5,7-9H2,1H3,(H,17,18). The molecule has 3 rings (SSSR count). The maximum absolute atomic E-state index is 12.4. The smallest absolute Gasteiger partial charge is 0.160 e. The fourth-order valence-corrected chi connectivity index (χ4v) is 4.55. The van der Waals surface area contributed by atoms with Gasteiger partial charge in [-0.15, -0.1) is 0 Å². The number of benzene rings is 1. The predicted molar refractivity (Wildman–Crippen MR) is 83.1 cm³/mol. The molecule has 0 saturated heterocycles. The van der Waals surface area contributed by atoms with Gasteiger partial charge < -0.3 is 0 Å². The van der Waals surface area contributed by atoms with E-state index in [-0.39, 0.29) is 11.5 Å². The summed E-state index contributed by atoms with van der Waals surface area (Å²) in [7, 11) is -3.26. The lowest BCUT2D eigenvalue weighted by molar-refractivity contribution is 0.593. The number of aromatic nitrogens is 2. The average Bonchev–Trinajstić information content (AvgIpc) is 3.00. The van der Waals surface area contributed by atoms with Crippen molar-refractivity contribution in [3.8, 4) is 0 Å². The first-order chi connectivity index (χ1) is 9.96. The highest BCUT2D eigenvalue weighted by Crippen LogP contribution is 2.26. The highest BCUT2D eigenvalue weighted by molar-refractivity contribution is 7.89. The Morgan fingerprint density at radius 2 is 2.10 bits per heavy atom. The van der Waals surface area contributed by atoms with Crippen molar-refractivity contribution in [1.82, 2.24) is 10.2 Å². The zero-order valence-electron chi connectivity index (χ0n) is 11.8. The van der Waals surface area contributed by atoms with E-state index >= 15 is 0 Å². The van der Waals surface area contributed by atoms with Crippen LogP contribution in [0.25, 0.3) is 0 Å². The highest BCUT2D eigenvalue weighted by atomic mass is 35.5. The monoisotopic (exact) mass is 324 g/mol. The number of aryl methyl sites for hydroxylation is 1. The minimum absolute atomic E-state index is 0.00102. The molecule has 1 aliphatic rings. The number of H-pyrrole nitrogens is 1. The summed E-state index contributed by atoms with van der Waals surface area (Å²) in [5, 5.41) is 7.73. The van der Waals surface area contributed by atoms with Crippen LogP contribution in [0, 0.1) is 6.92 Å². The lowest BCUT2D eigenvalue weighted by Gasteiger charge is -2.08. The Morgan fingerprint density at radius 3 is 2.90 bits per heavy atom. The molecule has 1 aromatic carbocycles. The molecule has 21 heavy (non-hydrogen) atoms. The molecule has 0 bridgehead atoms. The second-order valence-corrected chi connectivity index (χ2v) is 8.01. The van der Waals surface area contributed by atoms with Crippen molar-refractivity contribution in [2.24, 2.45) is 0 Å². The van der Waals surface area contributed by atoms with E-state index in [4.69, 9.17) is 11.6 Å². The molecule has 1 N–H and O–H groups in total. The SMILES string of the molecule is Cc1c(Cl)cccc1CS(=O)(=O)Cc1n[nH]c2c1CCC2. The van der Waals surface area contributed by atoms with Gasteiger partial charge in [-0.05, 0) is 48.9 Å². The van der Waals surface area contributed by atoms with Gasteiger partial charge in [-0.2, -0.15) is 5.10 Å². The van der Waals surface area contributed by atoms with Gasteiger partial charge in [0.25, 0.3) is 0 Å². The maximum Gasteiger partial charge on any atom is 0.160 e. The summed E-state index contributed by atoms with van der Waals surface area (Å²) in [5.74, 6) is -0.00812. The number of rotatable bonds is 4. The fourth-order valence-electron chi connectivity index (χ4n) is 2.81. The van der Waals surface area contributed by atoms with Crippen molar-refractivity contribution in [3.63, 3.8) is 0 Å². The molecule has 0 radical (unpaired) electrons. The summed E-state index contributed by atoms with van der Waals surface area (Å²) in [4.78, 5) is 0. The zero-order valence-corrected chi connectivity index (χ0v) is 13.4. The van der Waals surface area contributed by atoms with Crippen LogP contribution in [0.2, 0.25) is 5.02 Å². The number of fused-ring (bicyclic) bond motifs is 1. The highest BCUT2D eigenvalue weighted by Gasteiger charge is 2.23. The summed E-state index contributed by atoms with van der Waals surface area (Å²) >= 11 is 6.05. The quantitative estimate of drug-likeness (QED) is 0.940. The summed E-state index contributed by atoms with van der Waals surface area (Å²) in [6.45, 7) is 1.85. The minimum atomic E-state index is -3.26. The summed E-state index contributed by atoms with van der Waals surface area (Å²) in [6.07, 6.45) is 2.97. The van der Waals surface area contributed by atoms with Gasteiger partial charge in [0.05, 0.1) is 17.2 Å². The number of aromatic amines is 1. The Kier molecular flexibility index (Phi) is 3.80. The van der Waals surface area contributed by atoms with Crippen LogP contribution in [0.1, 0.15) is 34.5 Å². The molecule has 0 unspecified atom stereocenters. The molecule has 0 aliphatic heterocycles. The lowest BCUT2D eigenvalue weighted by Crippen LogP contribution is -2.10. The number of halogens is 1. The lowest BCUT2D eigenvalue weighted by atomic mass is 10.1. The molecule has 1 aromatic heterocycles. The summed E-state index contributed by atoms with van der Waals surface area (Å²) < 4.78 is 24.9. The van der Waals surface area contributed by atoms with Gasteiger partial charge in [-0.3, -0.25) is 5.10 Å². The number of hydrogen-bond donors (Lipinski definition) is 1. The minimum Gasteiger partial charge on any atom is -0.282 e. The molecule has 0 atom stereocenters. The third kappa shape index (κ3) is 2.99. The number of nitrogens with zero attached hydrogens (tertiary/aromatic N) is 1. The molecule has 6 heteroatoms. The molecular formula is C15H17ClN2O2S. The van der Waals surface area contributed by atoms with E-state index in [9.17, 15) is 8.42 Å². The molecule has 4 nitrogen and oxygen atoms in total. The van der Waals surface area contributed by atoms with E-state index in [1.807, 2.05) is 13.0 Å². The predicted octanol–water partition coefficient (Wildman–Crippen LogP) is 2.98. The largest absolute Gasteiger partial charge is 0.282 e. The Morgan fingerprint density at radius 1 is 1.29 bits per heavy atom. The van der Waals surface area contributed by atoms with Crippen LogP contribution in [0.3, 0.4) is 0 Å².